The van der Waals surface area contributed by atoms with E-state index >= 15 is 0 Å². The lowest BCUT2D eigenvalue weighted by atomic mass is 10.0. The summed E-state index contributed by atoms with van der Waals surface area (Å²) in [6, 6.07) is 4.95. The molecule has 0 radical (unpaired) electrons. The highest BCUT2D eigenvalue weighted by molar-refractivity contribution is 6.07. The monoisotopic (exact) mass is 328 g/mol. The fraction of sp³-hybridized carbons (Fsp3) is 0.389. The Balaban J connectivity index is 1.74. The number of pyridine rings is 1. The van der Waals surface area contributed by atoms with Crippen LogP contribution in [-0.4, -0.2) is 28.0 Å². The highest BCUT2D eigenvalue weighted by Crippen LogP contribution is 2.40. The van der Waals surface area contributed by atoms with E-state index in [0.29, 0.717) is 22.4 Å². The number of nitrogens with zero attached hydrogens (tertiary/aromatic N) is 1. The predicted molar refractivity (Wildman–Crippen MR) is 85.3 cm³/mol. The van der Waals surface area contributed by atoms with E-state index in [1.54, 1.807) is 12.1 Å². The molecule has 1 unspecified atom stereocenters. The van der Waals surface area contributed by atoms with Crippen molar-refractivity contribution < 1.29 is 19.1 Å². The number of amides is 1. The number of fused-ring (bicyclic) bond motifs is 1. The first-order chi connectivity index (χ1) is 11.5. The normalized spacial score (nSPS) is 18.4. The maximum absolute atomic E-state index is 13.6. The lowest BCUT2D eigenvalue weighted by Crippen LogP contribution is -2.42. The number of carboxylic acid groups (broad SMARTS) is 1. The summed E-state index contributed by atoms with van der Waals surface area (Å²) in [5.41, 5.74) is 1.68. The van der Waals surface area contributed by atoms with Crippen LogP contribution in [0.2, 0.25) is 0 Å². The number of hydrogen-bond donors (Lipinski definition) is 2. The van der Waals surface area contributed by atoms with Gasteiger partial charge >= 0.3 is 5.97 Å². The van der Waals surface area contributed by atoms with Crippen LogP contribution in [0.15, 0.2) is 24.3 Å². The van der Waals surface area contributed by atoms with Gasteiger partial charge in [-0.05, 0) is 55.9 Å². The lowest BCUT2D eigenvalue weighted by Gasteiger charge is -2.15. The van der Waals surface area contributed by atoms with E-state index in [4.69, 9.17) is 0 Å². The Bertz CT molecular complexity index is 844. The molecule has 2 aromatic rings. The van der Waals surface area contributed by atoms with Crippen LogP contribution in [0.25, 0.3) is 10.9 Å². The second kappa shape index (κ2) is 5.54. The van der Waals surface area contributed by atoms with E-state index in [1.807, 2.05) is 0 Å². The summed E-state index contributed by atoms with van der Waals surface area (Å²) in [7, 11) is 0. The number of nitrogens with one attached hydrogen (secondary N) is 1. The summed E-state index contributed by atoms with van der Waals surface area (Å²) in [5, 5.41) is 12.3. The Kier molecular flexibility index (Phi) is 3.48. The zero-order valence-electron chi connectivity index (χ0n) is 13.0. The molecule has 0 aliphatic heterocycles. The molecule has 2 aliphatic carbocycles. The molecule has 4 rings (SSSR count). The Morgan fingerprint density at radius 1 is 1.21 bits per heavy atom. The third-order valence-electron chi connectivity index (χ3n) is 4.68. The molecular formula is C18H17FN2O3. The molecule has 24 heavy (non-hydrogen) atoms. The van der Waals surface area contributed by atoms with E-state index < -0.39 is 23.7 Å². The number of hydrogen-bond acceptors (Lipinski definition) is 3. The topological polar surface area (TPSA) is 79.3 Å². The van der Waals surface area contributed by atoms with Crippen molar-refractivity contribution in [3.63, 3.8) is 0 Å². The number of rotatable bonds is 5. The van der Waals surface area contributed by atoms with Crippen molar-refractivity contribution in [2.24, 2.45) is 5.92 Å². The van der Waals surface area contributed by atoms with E-state index in [1.165, 1.54) is 12.1 Å². The van der Waals surface area contributed by atoms with Gasteiger partial charge in [0.2, 0.25) is 0 Å². The highest BCUT2D eigenvalue weighted by atomic mass is 19.1. The average molecular weight is 328 g/mol. The minimum Gasteiger partial charge on any atom is -0.480 e. The molecule has 0 spiro atoms. The first-order valence-electron chi connectivity index (χ1n) is 8.17. The van der Waals surface area contributed by atoms with E-state index in [-0.39, 0.29) is 5.92 Å². The molecule has 2 N–H and O–H groups in total. The van der Waals surface area contributed by atoms with E-state index in [0.717, 1.165) is 31.4 Å². The van der Waals surface area contributed by atoms with Crippen LogP contribution in [0.3, 0.4) is 0 Å². The third-order valence-corrected chi connectivity index (χ3v) is 4.68. The van der Waals surface area contributed by atoms with Crippen LogP contribution in [0.1, 0.15) is 47.7 Å². The zero-order valence-corrected chi connectivity index (χ0v) is 13.0. The van der Waals surface area contributed by atoms with Crippen molar-refractivity contribution in [3.8, 4) is 0 Å². The number of benzene rings is 1. The van der Waals surface area contributed by atoms with Gasteiger partial charge in [-0.2, -0.15) is 0 Å². The van der Waals surface area contributed by atoms with Gasteiger partial charge in [0.1, 0.15) is 11.9 Å². The number of carbonyl (C=O) groups excluding carboxylic acids is 1. The minimum absolute atomic E-state index is 0.0146. The Labute approximate surface area is 137 Å². The summed E-state index contributed by atoms with van der Waals surface area (Å²) in [5.74, 6) is -1.63. The standard InChI is InChI=1S/C18H17FN2O3/c19-11-5-6-14-12(7-11)13(8-15(20-14)9-1-2-9)17(22)21-16(18(23)24)10-3-4-10/h5-10,16H,1-4H2,(H,21,22)(H,23,24). The fourth-order valence-corrected chi connectivity index (χ4v) is 3.02. The van der Waals surface area contributed by atoms with Crippen molar-refractivity contribution in [2.45, 2.75) is 37.6 Å². The van der Waals surface area contributed by atoms with Gasteiger partial charge in [0.25, 0.3) is 5.91 Å². The Hall–Kier alpha value is -2.50. The Morgan fingerprint density at radius 3 is 2.58 bits per heavy atom. The van der Waals surface area contributed by atoms with E-state index in [2.05, 4.69) is 10.3 Å². The summed E-state index contributed by atoms with van der Waals surface area (Å²) in [4.78, 5) is 28.6. The van der Waals surface area contributed by atoms with Gasteiger partial charge in [0, 0.05) is 17.0 Å². The first-order valence-corrected chi connectivity index (χ1v) is 8.17. The second-order valence-corrected chi connectivity index (χ2v) is 6.66. The Morgan fingerprint density at radius 2 is 1.96 bits per heavy atom. The second-order valence-electron chi connectivity index (χ2n) is 6.66. The number of carbonyl (C=O) groups is 2. The van der Waals surface area contributed by atoms with Crippen LogP contribution in [0, 0.1) is 11.7 Å². The number of aromatic nitrogens is 1. The molecule has 1 heterocycles. The maximum atomic E-state index is 13.6. The fourth-order valence-electron chi connectivity index (χ4n) is 3.02. The molecule has 0 bridgehead atoms. The van der Waals surface area contributed by atoms with Crippen molar-refractivity contribution >= 4 is 22.8 Å². The quantitative estimate of drug-likeness (QED) is 0.884. The van der Waals surface area contributed by atoms with Gasteiger partial charge in [-0.1, -0.05) is 0 Å². The van der Waals surface area contributed by atoms with Crippen molar-refractivity contribution in [2.75, 3.05) is 0 Å². The summed E-state index contributed by atoms with van der Waals surface area (Å²) in [6.07, 6.45) is 3.66. The number of halogens is 1. The molecule has 2 aliphatic rings. The van der Waals surface area contributed by atoms with Gasteiger partial charge in [0.15, 0.2) is 0 Å². The smallest absolute Gasteiger partial charge is 0.326 e. The average Bonchev–Trinajstić information content (AvgIpc) is 3.43. The summed E-state index contributed by atoms with van der Waals surface area (Å²) < 4.78 is 13.6. The van der Waals surface area contributed by atoms with Gasteiger partial charge in [-0.25, -0.2) is 9.18 Å². The molecule has 6 heteroatoms. The molecule has 2 saturated carbocycles. The summed E-state index contributed by atoms with van der Waals surface area (Å²) >= 11 is 0. The van der Waals surface area contributed by atoms with Crippen LogP contribution in [0.4, 0.5) is 4.39 Å². The van der Waals surface area contributed by atoms with Crippen molar-refractivity contribution in [1.29, 1.82) is 0 Å². The van der Waals surface area contributed by atoms with Crippen LogP contribution >= 0.6 is 0 Å². The molecule has 2 fully saturated rings. The SMILES string of the molecule is O=C(NC(C(=O)O)C1CC1)c1cc(C2CC2)nc2ccc(F)cc12. The largest absolute Gasteiger partial charge is 0.480 e. The molecular weight excluding hydrogens is 311 g/mol. The summed E-state index contributed by atoms with van der Waals surface area (Å²) in [6.45, 7) is 0. The maximum Gasteiger partial charge on any atom is 0.326 e. The number of carboxylic acids is 1. The molecule has 5 nitrogen and oxygen atoms in total. The lowest BCUT2D eigenvalue weighted by molar-refractivity contribution is -0.139. The van der Waals surface area contributed by atoms with Gasteiger partial charge in [0.05, 0.1) is 11.1 Å². The third kappa shape index (κ3) is 2.84. The van der Waals surface area contributed by atoms with Crippen LogP contribution in [0.5, 0.6) is 0 Å². The first kappa shape index (κ1) is 15.1. The zero-order chi connectivity index (χ0) is 16.8. The minimum atomic E-state index is -1.03. The van der Waals surface area contributed by atoms with Gasteiger partial charge in [-0.15, -0.1) is 0 Å². The highest BCUT2D eigenvalue weighted by Gasteiger charge is 2.38. The number of aliphatic carboxylic acids is 1. The molecule has 1 aromatic carbocycles. The molecule has 1 aromatic heterocycles. The molecule has 1 atom stereocenters. The molecule has 1 amide bonds. The van der Waals surface area contributed by atoms with Crippen molar-refractivity contribution in [3.05, 3.63) is 41.3 Å². The molecule has 124 valence electrons. The van der Waals surface area contributed by atoms with Crippen LogP contribution in [-0.2, 0) is 4.79 Å². The van der Waals surface area contributed by atoms with Gasteiger partial charge < -0.3 is 10.4 Å². The van der Waals surface area contributed by atoms with E-state index in [9.17, 15) is 19.1 Å². The van der Waals surface area contributed by atoms with Crippen LogP contribution < -0.4 is 5.32 Å². The predicted octanol–water partition coefficient (Wildman–Crippen LogP) is 2.84. The van der Waals surface area contributed by atoms with Gasteiger partial charge in [-0.3, -0.25) is 9.78 Å². The molecule has 0 saturated heterocycles. The van der Waals surface area contributed by atoms with Crippen molar-refractivity contribution in [1.82, 2.24) is 10.3 Å².